The van der Waals surface area contributed by atoms with Gasteiger partial charge in [0.05, 0.1) is 17.0 Å². The molecule has 0 radical (unpaired) electrons. The van der Waals surface area contributed by atoms with E-state index in [0.29, 0.717) is 17.8 Å². The summed E-state index contributed by atoms with van der Waals surface area (Å²) in [7, 11) is 0. The van der Waals surface area contributed by atoms with Crippen LogP contribution in [0.2, 0.25) is 0 Å². The second kappa shape index (κ2) is 8.25. The van der Waals surface area contributed by atoms with Crippen LogP contribution in [0, 0.1) is 24.7 Å². The number of rotatable bonds is 6. The summed E-state index contributed by atoms with van der Waals surface area (Å²) in [6, 6.07) is 1.96. The number of carbonyl (C=O) groups is 1. The minimum Gasteiger partial charge on any atom is -0.356 e. The lowest BCUT2D eigenvalue weighted by molar-refractivity contribution is -0.122. The van der Waals surface area contributed by atoms with Crippen molar-refractivity contribution in [1.29, 1.82) is 0 Å². The standard InChI is InChI=1S/C23H32N4O2/c1-13(2)22-24-12-19(20-10-15(4)27-29-20)21(26-22)17-7-5-16(6-8-17)11-25-23(28)18-9-14(18)3/h10,12-14,16-18H,5-9,11H2,1-4H3,(H,25,28)/t14-,16?,17?,18-/m0/s1. The van der Waals surface area contributed by atoms with Gasteiger partial charge in [-0.3, -0.25) is 4.79 Å². The quantitative estimate of drug-likeness (QED) is 0.771. The third-order valence-electron chi connectivity index (χ3n) is 6.49. The van der Waals surface area contributed by atoms with E-state index in [0.717, 1.165) is 67.2 Å². The van der Waals surface area contributed by atoms with Crippen molar-refractivity contribution in [2.45, 2.75) is 71.6 Å². The molecule has 4 rings (SSSR count). The van der Waals surface area contributed by atoms with Gasteiger partial charge < -0.3 is 9.84 Å². The third-order valence-corrected chi connectivity index (χ3v) is 6.49. The second-order valence-corrected chi connectivity index (χ2v) is 9.30. The van der Waals surface area contributed by atoms with Crippen molar-refractivity contribution in [3.8, 4) is 11.3 Å². The number of nitrogens with one attached hydrogen (secondary N) is 1. The van der Waals surface area contributed by atoms with Crippen molar-refractivity contribution in [3.63, 3.8) is 0 Å². The molecule has 1 amide bonds. The van der Waals surface area contributed by atoms with E-state index in [-0.39, 0.29) is 17.7 Å². The van der Waals surface area contributed by atoms with Gasteiger partial charge in [0.25, 0.3) is 0 Å². The average molecular weight is 397 g/mol. The van der Waals surface area contributed by atoms with Crippen molar-refractivity contribution in [2.24, 2.45) is 17.8 Å². The van der Waals surface area contributed by atoms with Gasteiger partial charge in [0, 0.05) is 36.6 Å². The number of aromatic nitrogens is 3. The van der Waals surface area contributed by atoms with Crippen LogP contribution in [0.15, 0.2) is 16.8 Å². The normalized spacial score (nSPS) is 26.5. The van der Waals surface area contributed by atoms with E-state index in [1.165, 1.54) is 0 Å². The Morgan fingerprint density at radius 1 is 1.28 bits per heavy atom. The molecule has 0 bridgehead atoms. The molecular formula is C23H32N4O2. The van der Waals surface area contributed by atoms with Gasteiger partial charge in [0.1, 0.15) is 5.82 Å². The lowest BCUT2D eigenvalue weighted by Gasteiger charge is -2.29. The Labute approximate surface area is 172 Å². The van der Waals surface area contributed by atoms with E-state index in [4.69, 9.17) is 9.51 Å². The highest BCUT2D eigenvalue weighted by molar-refractivity contribution is 5.81. The van der Waals surface area contributed by atoms with Gasteiger partial charge in [-0.2, -0.15) is 0 Å². The van der Waals surface area contributed by atoms with Crippen LogP contribution < -0.4 is 5.32 Å². The molecule has 0 aliphatic heterocycles. The summed E-state index contributed by atoms with van der Waals surface area (Å²) in [6.07, 6.45) is 7.33. The fourth-order valence-electron chi connectivity index (χ4n) is 4.38. The zero-order valence-electron chi connectivity index (χ0n) is 17.9. The van der Waals surface area contributed by atoms with Crippen LogP contribution in [0.4, 0.5) is 0 Å². The molecule has 6 nitrogen and oxygen atoms in total. The first-order chi connectivity index (χ1) is 13.9. The monoisotopic (exact) mass is 396 g/mol. The lowest BCUT2D eigenvalue weighted by atomic mass is 9.79. The molecule has 156 valence electrons. The Balaban J connectivity index is 1.44. The van der Waals surface area contributed by atoms with Crippen LogP contribution in [0.25, 0.3) is 11.3 Å². The van der Waals surface area contributed by atoms with E-state index in [2.05, 4.69) is 36.2 Å². The molecule has 2 atom stereocenters. The molecule has 2 aromatic heterocycles. The van der Waals surface area contributed by atoms with E-state index < -0.39 is 0 Å². The molecule has 0 unspecified atom stereocenters. The SMILES string of the molecule is Cc1cc(-c2cnc(C(C)C)nc2C2CCC(CNC(=O)[C@H]3C[C@@H]3C)CC2)on1. The maximum Gasteiger partial charge on any atom is 0.223 e. The first-order valence-corrected chi connectivity index (χ1v) is 11.0. The maximum atomic E-state index is 12.1. The summed E-state index contributed by atoms with van der Waals surface area (Å²) < 4.78 is 5.53. The highest BCUT2D eigenvalue weighted by Crippen LogP contribution is 2.40. The molecule has 2 aromatic rings. The number of nitrogens with zero attached hydrogens (tertiary/aromatic N) is 3. The maximum absolute atomic E-state index is 12.1. The number of amides is 1. The van der Waals surface area contributed by atoms with Gasteiger partial charge in [-0.05, 0) is 50.9 Å². The van der Waals surface area contributed by atoms with Crippen LogP contribution in [-0.2, 0) is 4.79 Å². The molecular weight excluding hydrogens is 364 g/mol. The van der Waals surface area contributed by atoms with Crippen LogP contribution in [-0.4, -0.2) is 27.6 Å². The summed E-state index contributed by atoms with van der Waals surface area (Å²) in [5.74, 6) is 3.95. The summed E-state index contributed by atoms with van der Waals surface area (Å²) in [5, 5.41) is 7.22. The minimum atomic E-state index is 0.250. The van der Waals surface area contributed by atoms with Crippen molar-refractivity contribution in [2.75, 3.05) is 6.54 Å². The summed E-state index contributed by atoms with van der Waals surface area (Å²) >= 11 is 0. The van der Waals surface area contributed by atoms with Gasteiger partial charge in [-0.1, -0.05) is 25.9 Å². The molecule has 2 saturated carbocycles. The Kier molecular flexibility index (Phi) is 5.70. The van der Waals surface area contributed by atoms with Crippen molar-refractivity contribution < 1.29 is 9.32 Å². The first kappa shape index (κ1) is 20.0. The summed E-state index contributed by atoms with van der Waals surface area (Å²) in [6.45, 7) is 9.13. The molecule has 2 aliphatic rings. The molecule has 2 aliphatic carbocycles. The topological polar surface area (TPSA) is 80.9 Å². The average Bonchev–Trinajstić information content (AvgIpc) is 3.30. The number of hydrogen-bond donors (Lipinski definition) is 1. The molecule has 29 heavy (non-hydrogen) atoms. The zero-order valence-corrected chi connectivity index (χ0v) is 17.9. The Morgan fingerprint density at radius 3 is 2.59 bits per heavy atom. The number of hydrogen-bond acceptors (Lipinski definition) is 5. The fourth-order valence-corrected chi connectivity index (χ4v) is 4.38. The molecule has 1 N–H and O–H groups in total. The lowest BCUT2D eigenvalue weighted by Crippen LogP contribution is -2.32. The van der Waals surface area contributed by atoms with E-state index in [1.807, 2.05) is 19.2 Å². The molecule has 0 saturated heterocycles. The molecule has 6 heteroatoms. The van der Waals surface area contributed by atoms with Crippen molar-refractivity contribution in [3.05, 3.63) is 29.5 Å². The van der Waals surface area contributed by atoms with Crippen LogP contribution in [0.1, 0.15) is 81.9 Å². The van der Waals surface area contributed by atoms with Crippen LogP contribution in [0.5, 0.6) is 0 Å². The molecule has 0 spiro atoms. The predicted octanol–water partition coefficient (Wildman–Crippen LogP) is 4.61. The van der Waals surface area contributed by atoms with Crippen LogP contribution >= 0.6 is 0 Å². The second-order valence-electron chi connectivity index (χ2n) is 9.30. The predicted molar refractivity (Wildman–Crippen MR) is 111 cm³/mol. The molecule has 2 heterocycles. The highest BCUT2D eigenvalue weighted by Gasteiger charge is 2.39. The number of carbonyl (C=O) groups excluding carboxylic acids is 1. The van der Waals surface area contributed by atoms with Crippen molar-refractivity contribution in [1.82, 2.24) is 20.4 Å². The van der Waals surface area contributed by atoms with E-state index in [9.17, 15) is 4.79 Å². The van der Waals surface area contributed by atoms with Crippen LogP contribution in [0.3, 0.4) is 0 Å². The Bertz CT molecular complexity index is 868. The Hall–Kier alpha value is -2.24. The van der Waals surface area contributed by atoms with Gasteiger partial charge in [0.2, 0.25) is 5.91 Å². The van der Waals surface area contributed by atoms with E-state index in [1.54, 1.807) is 0 Å². The van der Waals surface area contributed by atoms with Gasteiger partial charge >= 0.3 is 0 Å². The van der Waals surface area contributed by atoms with Gasteiger partial charge in [0.15, 0.2) is 5.76 Å². The molecule has 0 aromatic carbocycles. The first-order valence-electron chi connectivity index (χ1n) is 11.0. The highest BCUT2D eigenvalue weighted by atomic mass is 16.5. The summed E-state index contributed by atoms with van der Waals surface area (Å²) in [5.41, 5.74) is 2.92. The minimum absolute atomic E-state index is 0.250. The van der Waals surface area contributed by atoms with Crippen molar-refractivity contribution >= 4 is 5.91 Å². The van der Waals surface area contributed by atoms with Gasteiger partial charge in [-0.15, -0.1) is 0 Å². The van der Waals surface area contributed by atoms with Gasteiger partial charge in [-0.25, -0.2) is 9.97 Å². The summed E-state index contributed by atoms with van der Waals surface area (Å²) in [4.78, 5) is 21.6. The zero-order chi connectivity index (χ0) is 20.5. The third kappa shape index (κ3) is 4.51. The largest absolute Gasteiger partial charge is 0.356 e. The molecule has 2 fully saturated rings. The fraction of sp³-hybridized carbons (Fsp3) is 0.652. The smallest absolute Gasteiger partial charge is 0.223 e. The Morgan fingerprint density at radius 2 is 2.00 bits per heavy atom. The number of aryl methyl sites for hydroxylation is 1. The van der Waals surface area contributed by atoms with E-state index >= 15 is 0 Å².